The number of amides is 1. The maximum absolute atomic E-state index is 13.3. The average Bonchev–Trinajstić information content (AvgIpc) is 2.43. The minimum absolute atomic E-state index is 0.177. The first-order chi connectivity index (χ1) is 9.47. The molecule has 0 fully saturated rings. The molecule has 1 rings (SSSR count). The summed E-state index contributed by atoms with van der Waals surface area (Å²) in [4.78, 5) is 13.3. The highest BCUT2D eigenvalue weighted by Crippen LogP contribution is 2.17. The van der Waals surface area contributed by atoms with E-state index in [9.17, 15) is 13.6 Å². The second kappa shape index (κ2) is 7.43. The molecule has 0 saturated carbocycles. The third-order valence-electron chi connectivity index (χ3n) is 2.69. The van der Waals surface area contributed by atoms with Gasteiger partial charge in [0.2, 0.25) is 0 Å². The van der Waals surface area contributed by atoms with Crippen LogP contribution in [0.3, 0.4) is 0 Å². The molecule has 4 nitrogen and oxygen atoms in total. The van der Waals surface area contributed by atoms with Gasteiger partial charge in [-0.25, -0.2) is 8.78 Å². The summed E-state index contributed by atoms with van der Waals surface area (Å²) in [6.45, 7) is 3.85. The van der Waals surface area contributed by atoms with Crippen molar-refractivity contribution in [2.75, 3.05) is 19.7 Å². The lowest BCUT2D eigenvalue weighted by atomic mass is 10.2. The van der Waals surface area contributed by atoms with Crippen LogP contribution in [-0.4, -0.2) is 30.5 Å². The highest BCUT2D eigenvalue weighted by Gasteiger charge is 2.16. The predicted octanol–water partition coefficient (Wildman–Crippen LogP) is 2.35. The number of halogens is 2. The van der Waals surface area contributed by atoms with Crippen LogP contribution < -0.4 is 4.74 Å². The fraction of sp³-hybridized carbons (Fsp3) is 0.429. The van der Waals surface area contributed by atoms with Crippen molar-refractivity contribution in [3.8, 4) is 11.8 Å². The van der Waals surface area contributed by atoms with Crippen LogP contribution in [0.4, 0.5) is 8.78 Å². The number of benzene rings is 1. The first-order valence-electron chi connectivity index (χ1n) is 6.23. The molecule has 0 aliphatic rings. The van der Waals surface area contributed by atoms with E-state index in [0.717, 1.165) is 12.1 Å². The maximum atomic E-state index is 13.3. The first-order valence-corrected chi connectivity index (χ1v) is 6.23. The predicted molar refractivity (Wildman–Crippen MR) is 68.9 cm³/mol. The molecule has 0 aliphatic carbocycles. The molecule has 1 amide bonds. The van der Waals surface area contributed by atoms with Gasteiger partial charge in [0.25, 0.3) is 5.91 Å². The molecule has 0 heterocycles. The van der Waals surface area contributed by atoms with Crippen molar-refractivity contribution < 1.29 is 18.3 Å². The Bertz CT molecular complexity index is 514. The van der Waals surface area contributed by atoms with E-state index in [2.05, 4.69) is 0 Å². The number of ether oxygens (including phenoxy) is 1. The third kappa shape index (κ3) is 4.50. The average molecular weight is 282 g/mol. The van der Waals surface area contributed by atoms with Crippen LogP contribution in [-0.2, 0) is 4.79 Å². The van der Waals surface area contributed by atoms with Gasteiger partial charge in [-0.15, -0.1) is 0 Å². The second-order valence-electron chi connectivity index (χ2n) is 4.33. The summed E-state index contributed by atoms with van der Waals surface area (Å²) >= 11 is 0. The zero-order chi connectivity index (χ0) is 15.1. The molecule has 0 aromatic heterocycles. The number of hydrogen-bond acceptors (Lipinski definition) is 3. The highest BCUT2D eigenvalue weighted by molar-refractivity contribution is 5.77. The lowest BCUT2D eigenvalue weighted by Gasteiger charge is -2.22. The summed E-state index contributed by atoms with van der Waals surface area (Å²) in [5, 5.41) is 8.73. The molecule has 1 aromatic rings. The largest absolute Gasteiger partial charge is 0.481 e. The summed E-state index contributed by atoms with van der Waals surface area (Å²) in [7, 11) is 0. The lowest BCUT2D eigenvalue weighted by molar-refractivity contribution is -0.133. The number of carbonyl (C=O) groups excluding carboxylic acids is 1. The van der Waals surface area contributed by atoms with Crippen LogP contribution >= 0.6 is 0 Å². The fourth-order valence-corrected chi connectivity index (χ4v) is 1.60. The molecule has 1 atom stereocenters. The minimum atomic E-state index is -0.855. The SMILES string of the molecule is CCN(CC(C)C#N)C(=O)COc1ccc(F)cc1F. The molecule has 1 aromatic carbocycles. The van der Waals surface area contributed by atoms with Crippen LogP contribution in [0.5, 0.6) is 5.75 Å². The Morgan fingerprint density at radius 1 is 1.50 bits per heavy atom. The summed E-state index contributed by atoms with van der Waals surface area (Å²) in [5.74, 6) is -2.38. The van der Waals surface area contributed by atoms with Gasteiger partial charge < -0.3 is 9.64 Å². The normalized spacial score (nSPS) is 11.6. The van der Waals surface area contributed by atoms with E-state index in [0.29, 0.717) is 19.2 Å². The molecule has 0 spiro atoms. The molecule has 0 saturated heterocycles. The second-order valence-corrected chi connectivity index (χ2v) is 4.33. The zero-order valence-electron chi connectivity index (χ0n) is 11.4. The number of nitriles is 1. The highest BCUT2D eigenvalue weighted by atomic mass is 19.1. The molecule has 1 unspecified atom stereocenters. The molecule has 20 heavy (non-hydrogen) atoms. The molecule has 0 bridgehead atoms. The van der Waals surface area contributed by atoms with Crippen LogP contribution in [0, 0.1) is 28.9 Å². The molecular weight excluding hydrogens is 266 g/mol. The van der Waals surface area contributed by atoms with Crippen molar-refractivity contribution in [3.05, 3.63) is 29.8 Å². The van der Waals surface area contributed by atoms with Crippen LogP contribution in [0.1, 0.15) is 13.8 Å². The zero-order valence-corrected chi connectivity index (χ0v) is 11.4. The monoisotopic (exact) mass is 282 g/mol. The van der Waals surface area contributed by atoms with Crippen LogP contribution in [0.2, 0.25) is 0 Å². The van der Waals surface area contributed by atoms with E-state index in [4.69, 9.17) is 10.00 Å². The topological polar surface area (TPSA) is 53.3 Å². The van der Waals surface area contributed by atoms with Gasteiger partial charge in [0.1, 0.15) is 5.82 Å². The molecule has 0 N–H and O–H groups in total. The Morgan fingerprint density at radius 2 is 2.20 bits per heavy atom. The van der Waals surface area contributed by atoms with Crippen LogP contribution in [0.25, 0.3) is 0 Å². The van der Waals surface area contributed by atoms with Crippen molar-refractivity contribution in [2.45, 2.75) is 13.8 Å². The van der Waals surface area contributed by atoms with Gasteiger partial charge in [-0.05, 0) is 26.0 Å². The van der Waals surface area contributed by atoms with Crippen molar-refractivity contribution in [3.63, 3.8) is 0 Å². The summed E-state index contributed by atoms with van der Waals surface area (Å²) in [5.41, 5.74) is 0. The Morgan fingerprint density at radius 3 is 2.75 bits per heavy atom. The van der Waals surface area contributed by atoms with Gasteiger partial charge in [-0.2, -0.15) is 5.26 Å². The van der Waals surface area contributed by atoms with E-state index in [-0.39, 0.29) is 24.2 Å². The maximum Gasteiger partial charge on any atom is 0.260 e. The van der Waals surface area contributed by atoms with Gasteiger partial charge >= 0.3 is 0 Å². The lowest BCUT2D eigenvalue weighted by Crippen LogP contribution is -2.37. The van der Waals surface area contributed by atoms with E-state index in [1.807, 2.05) is 6.07 Å². The van der Waals surface area contributed by atoms with Gasteiger partial charge in [0, 0.05) is 19.2 Å². The van der Waals surface area contributed by atoms with Crippen molar-refractivity contribution in [1.82, 2.24) is 4.90 Å². The minimum Gasteiger partial charge on any atom is -0.481 e. The van der Waals surface area contributed by atoms with Gasteiger partial charge in [-0.1, -0.05) is 0 Å². The Balaban J connectivity index is 2.59. The Hall–Kier alpha value is -2.16. The Labute approximate surface area is 116 Å². The Kier molecular flexibility index (Phi) is 5.91. The number of rotatable bonds is 6. The molecule has 108 valence electrons. The van der Waals surface area contributed by atoms with E-state index in [1.165, 1.54) is 4.90 Å². The standard InChI is InChI=1S/C14H16F2N2O2/c1-3-18(8-10(2)7-17)14(19)9-20-13-5-4-11(15)6-12(13)16/h4-6,10H,3,8-9H2,1-2H3. The number of hydrogen-bond donors (Lipinski definition) is 0. The summed E-state index contributed by atoms with van der Waals surface area (Å²) in [6.07, 6.45) is 0. The van der Waals surface area contributed by atoms with E-state index >= 15 is 0 Å². The van der Waals surface area contributed by atoms with Crippen molar-refractivity contribution in [2.24, 2.45) is 5.92 Å². The van der Waals surface area contributed by atoms with Crippen LogP contribution in [0.15, 0.2) is 18.2 Å². The molecule has 0 radical (unpaired) electrons. The van der Waals surface area contributed by atoms with E-state index < -0.39 is 11.6 Å². The van der Waals surface area contributed by atoms with Crippen molar-refractivity contribution >= 4 is 5.91 Å². The fourth-order valence-electron chi connectivity index (χ4n) is 1.60. The van der Waals surface area contributed by atoms with Crippen molar-refractivity contribution in [1.29, 1.82) is 5.26 Å². The summed E-state index contributed by atoms with van der Waals surface area (Å²) in [6, 6.07) is 4.91. The molecule has 6 heteroatoms. The molecular formula is C14H16F2N2O2. The summed E-state index contributed by atoms with van der Waals surface area (Å²) < 4.78 is 31.1. The van der Waals surface area contributed by atoms with Gasteiger partial charge in [-0.3, -0.25) is 4.79 Å². The third-order valence-corrected chi connectivity index (χ3v) is 2.69. The number of carbonyl (C=O) groups is 1. The molecule has 0 aliphatic heterocycles. The number of nitrogens with zero attached hydrogens (tertiary/aromatic N) is 2. The van der Waals surface area contributed by atoms with Gasteiger partial charge in [0.05, 0.1) is 12.0 Å². The van der Waals surface area contributed by atoms with Gasteiger partial charge in [0.15, 0.2) is 18.2 Å². The quantitative estimate of drug-likeness (QED) is 0.804. The van der Waals surface area contributed by atoms with E-state index in [1.54, 1.807) is 13.8 Å². The smallest absolute Gasteiger partial charge is 0.260 e. The first kappa shape index (κ1) is 15.9. The number of likely N-dealkylation sites (N-methyl/N-ethyl adjacent to an activating group) is 1.